The monoisotopic (exact) mass is 614 g/mol. The van der Waals surface area contributed by atoms with Crippen LogP contribution in [0.2, 0.25) is 0 Å². The minimum Gasteiger partial charge on any atom is -0.394 e. The Bertz CT molecular complexity index is 1670. The van der Waals surface area contributed by atoms with Crippen molar-refractivity contribution in [3.63, 3.8) is 0 Å². The average molecular weight is 615 g/mol. The quantitative estimate of drug-likeness (QED) is 0.177. The van der Waals surface area contributed by atoms with Gasteiger partial charge in [0.1, 0.15) is 48.3 Å². The van der Waals surface area contributed by atoms with Gasteiger partial charge in [0.15, 0.2) is 0 Å². The van der Waals surface area contributed by atoms with Crippen LogP contribution in [0.3, 0.4) is 0 Å². The second kappa shape index (κ2) is 12.6. The predicted octanol–water partition coefficient (Wildman–Crippen LogP) is -0.632. The molecule has 10 atom stereocenters. The molecule has 3 aliphatic rings. The Morgan fingerprint density at radius 2 is 1.24 bits per heavy atom. The van der Waals surface area contributed by atoms with Crippen LogP contribution in [0.4, 0.5) is 0 Å². The zero-order valence-electron chi connectivity index (χ0n) is 24.1. The lowest BCUT2D eigenvalue weighted by molar-refractivity contribution is -0.214. The largest absolute Gasteiger partial charge is 0.394 e. The highest BCUT2D eigenvalue weighted by Gasteiger charge is 2.44. The molecule has 3 aromatic carbocycles. The van der Waals surface area contributed by atoms with Gasteiger partial charge in [-0.2, -0.15) is 0 Å². The van der Waals surface area contributed by atoms with Gasteiger partial charge < -0.3 is 50.3 Å². The van der Waals surface area contributed by atoms with Gasteiger partial charge in [0.25, 0.3) is 0 Å². The highest BCUT2D eigenvalue weighted by molar-refractivity contribution is 5.83. The number of aliphatic hydroxyl groups is 8. The van der Waals surface area contributed by atoms with Gasteiger partial charge in [0, 0.05) is 28.7 Å². The molecule has 234 valence electrons. The first kappa shape index (κ1) is 31.4. The Morgan fingerprint density at radius 1 is 0.667 bits per heavy atom. The standard InChI is InChI=1S/C35H34O10/c36-17-22-16-27(38)31(39)28(44-22)12-8-19-6-10-23-24-11-7-20(9-13-29-32(40)34(42)33(41)30(18-37)45-29)15-26(24)35(43,25(23)14-19)21-4-2-1-3-5-21/h1-7,10-11,14-15,22,27-34,36-43H,16-18H2/t22?,27?,28?,29?,30?,31?,32?,33-,34?,35?/m1/s1. The molecule has 2 saturated heterocycles. The fraction of sp³-hybridized carbons (Fsp3) is 0.371. The van der Waals surface area contributed by atoms with Crippen molar-refractivity contribution < 1.29 is 50.3 Å². The lowest BCUT2D eigenvalue weighted by Gasteiger charge is -2.37. The van der Waals surface area contributed by atoms with Crippen LogP contribution >= 0.6 is 0 Å². The van der Waals surface area contributed by atoms with E-state index in [1.165, 1.54) is 0 Å². The third-order valence-corrected chi connectivity index (χ3v) is 8.66. The number of aliphatic hydroxyl groups excluding tert-OH is 7. The molecule has 0 saturated carbocycles. The summed E-state index contributed by atoms with van der Waals surface area (Å²) < 4.78 is 11.2. The van der Waals surface area contributed by atoms with Crippen molar-refractivity contribution in [1.82, 2.24) is 0 Å². The first-order valence-corrected chi connectivity index (χ1v) is 14.7. The number of rotatable bonds is 3. The maximum atomic E-state index is 12.5. The van der Waals surface area contributed by atoms with Crippen LogP contribution in [0.15, 0.2) is 66.7 Å². The molecule has 2 fully saturated rings. The Kier molecular flexibility index (Phi) is 8.81. The maximum Gasteiger partial charge on any atom is 0.147 e. The first-order valence-electron chi connectivity index (χ1n) is 14.7. The summed E-state index contributed by atoms with van der Waals surface area (Å²) in [6, 6.07) is 19.8. The summed E-state index contributed by atoms with van der Waals surface area (Å²) in [6.07, 6.45) is -10.6. The van der Waals surface area contributed by atoms with Crippen molar-refractivity contribution >= 4 is 0 Å². The van der Waals surface area contributed by atoms with Crippen molar-refractivity contribution in [2.75, 3.05) is 13.2 Å². The minimum absolute atomic E-state index is 0.103. The van der Waals surface area contributed by atoms with Crippen molar-refractivity contribution in [3.05, 3.63) is 94.5 Å². The van der Waals surface area contributed by atoms with E-state index in [9.17, 15) is 40.9 Å². The number of fused-ring (bicyclic) bond motifs is 3. The fourth-order valence-corrected chi connectivity index (χ4v) is 6.17. The van der Waals surface area contributed by atoms with Crippen LogP contribution in [0.5, 0.6) is 0 Å². The van der Waals surface area contributed by atoms with E-state index in [0.717, 1.165) is 11.1 Å². The van der Waals surface area contributed by atoms with Gasteiger partial charge in [0.2, 0.25) is 0 Å². The summed E-state index contributed by atoms with van der Waals surface area (Å²) in [6.45, 7) is -0.867. The summed E-state index contributed by atoms with van der Waals surface area (Å²) in [5.74, 6) is 11.6. The molecule has 2 heterocycles. The summed E-state index contributed by atoms with van der Waals surface area (Å²) >= 11 is 0. The molecule has 0 amide bonds. The van der Waals surface area contributed by atoms with E-state index in [4.69, 9.17) is 9.47 Å². The number of benzene rings is 3. The number of hydrogen-bond donors (Lipinski definition) is 8. The predicted molar refractivity (Wildman–Crippen MR) is 160 cm³/mol. The topological polar surface area (TPSA) is 180 Å². The van der Waals surface area contributed by atoms with Crippen LogP contribution in [0, 0.1) is 23.7 Å². The van der Waals surface area contributed by atoms with E-state index in [1.807, 2.05) is 42.5 Å². The molecule has 0 bridgehead atoms. The average Bonchev–Trinajstić information content (AvgIpc) is 3.32. The Balaban J connectivity index is 1.37. The summed E-state index contributed by atoms with van der Waals surface area (Å²) in [5, 5.41) is 82.6. The smallest absolute Gasteiger partial charge is 0.147 e. The summed E-state index contributed by atoms with van der Waals surface area (Å²) in [4.78, 5) is 0. The molecule has 0 aromatic heterocycles. The van der Waals surface area contributed by atoms with Gasteiger partial charge in [-0.15, -0.1) is 0 Å². The first-order chi connectivity index (χ1) is 21.6. The molecule has 0 radical (unpaired) electrons. The lowest BCUT2D eigenvalue weighted by Crippen LogP contribution is -2.58. The molecular formula is C35H34O10. The van der Waals surface area contributed by atoms with Gasteiger partial charge in [-0.3, -0.25) is 0 Å². The second-order valence-electron chi connectivity index (χ2n) is 11.5. The van der Waals surface area contributed by atoms with E-state index in [1.54, 1.807) is 24.3 Å². The van der Waals surface area contributed by atoms with Crippen molar-refractivity contribution in [1.29, 1.82) is 0 Å². The van der Waals surface area contributed by atoms with Crippen LogP contribution < -0.4 is 0 Å². The van der Waals surface area contributed by atoms with Crippen LogP contribution in [-0.4, -0.2) is 109 Å². The van der Waals surface area contributed by atoms with Crippen LogP contribution in [0.1, 0.15) is 34.2 Å². The van der Waals surface area contributed by atoms with Gasteiger partial charge in [-0.05, 0) is 41.0 Å². The SMILES string of the molecule is OCC1CC(O)C(O)C(C#Cc2ccc3c(c2)C(O)(c2ccccc2)c2cc(C#CC4OC(CO)[C@@H](O)C(O)C4O)ccc2-3)O1. The van der Waals surface area contributed by atoms with E-state index >= 15 is 0 Å². The zero-order chi connectivity index (χ0) is 31.9. The molecule has 3 aromatic rings. The molecule has 45 heavy (non-hydrogen) atoms. The third kappa shape index (κ3) is 5.67. The van der Waals surface area contributed by atoms with Gasteiger partial charge in [-0.25, -0.2) is 0 Å². The fourth-order valence-electron chi connectivity index (χ4n) is 6.17. The summed E-state index contributed by atoms with van der Waals surface area (Å²) in [7, 11) is 0. The van der Waals surface area contributed by atoms with Crippen molar-refractivity contribution in [2.45, 2.75) is 67.0 Å². The molecule has 2 aliphatic heterocycles. The Morgan fingerprint density at radius 3 is 1.80 bits per heavy atom. The Hall–Kier alpha value is -3.62. The molecule has 10 nitrogen and oxygen atoms in total. The molecule has 10 heteroatoms. The number of ether oxygens (including phenoxy) is 2. The highest BCUT2D eigenvalue weighted by Crippen LogP contribution is 2.51. The van der Waals surface area contributed by atoms with Gasteiger partial charge in [0.05, 0.1) is 25.4 Å². The zero-order valence-corrected chi connectivity index (χ0v) is 24.1. The van der Waals surface area contributed by atoms with E-state index < -0.39 is 67.1 Å². The number of hydrogen-bond acceptors (Lipinski definition) is 10. The van der Waals surface area contributed by atoms with Crippen LogP contribution in [-0.2, 0) is 15.1 Å². The van der Waals surface area contributed by atoms with E-state index in [2.05, 4.69) is 23.7 Å². The van der Waals surface area contributed by atoms with E-state index in [-0.39, 0.29) is 13.0 Å². The second-order valence-corrected chi connectivity index (χ2v) is 11.5. The summed E-state index contributed by atoms with van der Waals surface area (Å²) in [5.41, 5.74) is 2.73. The molecule has 8 N–H and O–H groups in total. The van der Waals surface area contributed by atoms with Crippen LogP contribution in [0.25, 0.3) is 11.1 Å². The van der Waals surface area contributed by atoms with E-state index in [0.29, 0.717) is 27.8 Å². The maximum absolute atomic E-state index is 12.5. The molecule has 9 unspecified atom stereocenters. The molecular weight excluding hydrogens is 580 g/mol. The highest BCUT2D eigenvalue weighted by atomic mass is 16.5. The third-order valence-electron chi connectivity index (χ3n) is 8.66. The molecule has 6 rings (SSSR count). The van der Waals surface area contributed by atoms with Crippen molar-refractivity contribution in [2.24, 2.45) is 0 Å². The lowest BCUT2D eigenvalue weighted by atomic mass is 9.83. The molecule has 0 spiro atoms. The minimum atomic E-state index is -1.59. The molecule has 1 aliphatic carbocycles. The van der Waals surface area contributed by atoms with Gasteiger partial charge >= 0.3 is 0 Å². The van der Waals surface area contributed by atoms with Crippen molar-refractivity contribution in [3.8, 4) is 34.8 Å². The Labute approximate surface area is 259 Å². The van der Waals surface area contributed by atoms with Gasteiger partial charge in [-0.1, -0.05) is 66.1 Å². The normalized spacial score (nSPS) is 33.6.